The van der Waals surface area contributed by atoms with Gasteiger partial charge in [0.05, 0.1) is 11.9 Å². The third-order valence-corrected chi connectivity index (χ3v) is 3.70. The topological polar surface area (TPSA) is 48.2 Å². The Hall–Kier alpha value is -1.59. The highest BCUT2D eigenvalue weighted by molar-refractivity contribution is 7.15. The van der Waals surface area contributed by atoms with Crippen LogP contribution in [0.3, 0.4) is 0 Å². The van der Waals surface area contributed by atoms with Gasteiger partial charge in [0.25, 0.3) is 0 Å². The van der Waals surface area contributed by atoms with Gasteiger partial charge in [0, 0.05) is 36.8 Å². The minimum Gasteiger partial charge on any atom is -0.357 e. The molecule has 0 bridgehead atoms. The summed E-state index contributed by atoms with van der Waals surface area (Å²) in [6, 6.07) is 2.12. The Bertz CT molecular complexity index is 646. The molecule has 0 unspecified atom stereocenters. The molecule has 3 heterocycles. The van der Waals surface area contributed by atoms with Gasteiger partial charge in [0.2, 0.25) is 0 Å². The predicted octanol–water partition coefficient (Wildman–Crippen LogP) is 1.90. The van der Waals surface area contributed by atoms with Crippen LogP contribution in [0.1, 0.15) is 5.82 Å². The number of imidazole rings is 1. The van der Waals surface area contributed by atoms with Gasteiger partial charge in [-0.25, -0.2) is 4.98 Å². The zero-order chi connectivity index (χ0) is 11.8. The molecule has 0 amide bonds. The fourth-order valence-corrected chi connectivity index (χ4v) is 2.94. The van der Waals surface area contributed by atoms with Crippen molar-refractivity contribution in [2.24, 2.45) is 12.8 Å². The van der Waals surface area contributed by atoms with Crippen LogP contribution in [0.4, 0.5) is 0 Å². The van der Waals surface area contributed by atoms with E-state index in [2.05, 4.69) is 37.8 Å². The molecule has 88 valence electrons. The molecule has 2 N–H and O–H groups in total. The SMILES string of the molecule is Cn1ccc(-c2csc3cnc(CCN)n23)c1. The lowest BCUT2D eigenvalue weighted by atomic mass is 10.2. The summed E-state index contributed by atoms with van der Waals surface area (Å²) in [7, 11) is 2.03. The van der Waals surface area contributed by atoms with E-state index in [9.17, 15) is 0 Å². The number of fused-ring (bicyclic) bond motifs is 1. The number of aromatic nitrogens is 3. The van der Waals surface area contributed by atoms with Gasteiger partial charge < -0.3 is 10.3 Å². The molecule has 0 saturated heterocycles. The molecule has 0 fully saturated rings. The molecule has 5 heteroatoms. The van der Waals surface area contributed by atoms with Crippen LogP contribution >= 0.6 is 11.3 Å². The Morgan fingerprint density at radius 3 is 3.06 bits per heavy atom. The van der Waals surface area contributed by atoms with E-state index in [0.29, 0.717) is 6.54 Å². The smallest absolute Gasteiger partial charge is 0.120 e. The molecule has 4 nitrogen and oxygen atoms in total. The lowest BCUT2D eigenvalue weighted by Gasteiger charge is -2.00. The van der Waals surface area contributed by atoms with Crippen molar-refractivity contribution in [1.29, 1.82) is 0 Å². The summed E-state index contributed by atoms with van der Waals surface area (Å²) in [4.78, 5) is 5.60. The number of rotatable bonds is 3. The lowest BCUT2D eigenvalue weighted by molar-refractivity contribution is 0.868. The van der Waals surface area contributed by atoms with Gasteiger partial charge in [-0.3, -0.25) is 4.40 Å². The highest BCUT2D eigenvalue weighted by atomic mass is 32.1. The first kappa shape index (κ1) is 10.6. The first-order valence-corrected chi connectivity index (χ1v) is 6.44. The second kappa shape index (κ2) is 4.01. The molecule has 0 spiro atoms. The van der Waals surface area contributed by atoms with E-state index in [1.807, 2.05) is 13.2 Å². The van der Waals surface area contributed by atoms with Crippen molar-refractivity contribution in [2.45, 2.75) is 6.42 Å². The number of hydrogen-bond donors (Lipinski definition) is 1. The largest absolute Gasteiger partial charge is 0.357 e. The molecular formula is C12H14N4S. The Morgan fingerprint density at radius 1 is 1.47 bits per heavy atom. The number of aryl methyl sites for hydroxylation is 1. The lowest BCUT2D eigenvalue weighted by Crippen LogP contribution is -2.06. The average Bonchev–Trinajstić information content (AvgIpc) is 2.96. The molecule has 3 aromatic heterocycles. The molecular weight excluding hydrogens is 232 g/mol. The number of thiazole rings is 1. The molecule has 0 saturated carbocycles. The van der Waals surface area contributed by atoms with Crippen LogP contribution in [-0.2, 0) is 13.5 Å². The number of nitrogens with zero attached hydrogens (tertiary/aromatic N) is 3. The molecule has 0 radical (unpaired) electrons. The van der Waals surface area contributed by atoms with E-state index in [4.69, 9.17) is 5.73 Å². The van der Waals surface area contributed by atoms with Crippen molar-refractivity contribution in [3.63, 3.8) is 0 Å². The maximum absolute atomic E-state index is 5.62. The number of nitrogens with two attached hydrogens (primary N) is 1. The summed E-state index contributed by atoms with van der Waals surface area (Å²) in [5.41, 5.74) is 8.04. The van der Waals surface area contributed by atoms with Gasteiger partial charge in [-0.15, -0.1) is 11.3 Å². The second-order valence-electron chi connectivity index (χ2n) is 4.07. The fraction of sp³-hybridized carbons (Fsp3) is 0.250. The zero-order valence-electron chi connectivity index (χ0n) is 9.63. The number of hydrogen-bond acceptors (Lipinski definition) is 3. The van der Waals surface area contributed by atoms with Gasteiger partial charge in [-0.05, 0) is 12.6 Å². The molecule has 0 aliphatic rings. The van der Waals surface area contributed by atoms with Crippen LogP contribution < -0.4 is 5.73 Å². The Kier molecular flexibility index (Phi) is 2.49. The highest BCUT2D eigenvalue weighted by Crippen LogP contribution is 2.27. The maximum Gasteiger partial charge on any atom is 0.120 e. The zero-order valence-corrected chi connectivity index (χ0v) is 10.4. The minimum absolute atomic E-state index is 0.628. The summed E-state index contributed by atoms with van der Waals surface area (Å²) in [5.74, 6) is 1.04. The van der Waals surface area contributed by atoms with Crippen molar-refractivity contribution in [1.82, 2.24) is 14.0 Å². The quantitative estimate of drug-likeness (QED) is 0.767. The second-order valence-corrected chi connectivity index (χ2v) is 4.96. The molecule has 0 aliphatic heterocycles. The van der Waals surface area contributed by atoms with E-state index < -0.39 is 0 Å². The van der Waals surface area contributed by atoms with Gasteiger partial charge in [0.1, 0.15) is 10.7 Å². The molecule has 0 aliphatic carbocycles. The van der Waals surface area contributed by atoms with Crippen LogP contribution in [0.2, 0.25) is 0 Å². The van der Waals surface area contributed by atoms with Crippen molar-refractivity contribution >= 4 is 16.2 Å². The minimum atomic E-state index is 0.628. The third-order valence-electron chi connectivity index (χ3n) is 2.83. The molecule has 3 aromatic rings. The Balaban J connectivity index is 2.18. The van der Waals surface area contributed by atoms with Crippen molar-refractivity contribution < 1.29 is 0 Å². The van der Waals surface area contributed by atoms with E-state index in [-0.39, 0.29) is 0 Å². The van der Waals surface area contributed by atoms with Gasteiger partial charge in [-0.2, -0.15) is 0 Å². The third kappa shape index (κ3) is 1.67. The van der Waals surface area contributed by atoms with Crippen LogP contribution in [-0.4, -0.2) is 20.5 Å². The highest BCUT2D eigenvalue weighted by Gasteiger charge is 2.11. The van der Waals surface area contributed by atoms with Gasteiger partial charge >= 0.3 is 0 Å². The normalized spacial score (nSPS) is 11.4. The predicted molar refractivity (Wildman–Crippen MR) is 70.2 cm³/mol. The van der Waals surface area contributed by atoms with Gasteiger partial charge in [-0.1, -0.05) is 0 Å². The monoisotopic (exact) mass is 246 g/mol. The van der Waals surface area contributed by atoms with Crippen molar-refractivity contribution in [2.75, 3.05) is 6.54 Å². The van der Waals surface area contributed by atoms with Gasteiger partial charge in [0.15, 0.2) is 0 Å². The van der Waals surface area contributed by atoms with E-state index in [0.717, 1.165) is 12.2 Å². The molecule has 0 atom stereocenters. The first-order valence-electron chi connectivity index (χ1n) is 5.56. The average molecular weight is 246 g/mol. The molecule has 3 rings (SSSR count). The summed E-state index contributed by atoms with van der Waals surface area (Å²) in [6.45, 7) is 0.628. The molecule has 17 heavy (non-hydrogen) atoms. The Morgan fingerprint density at radius 2 is 2.35 bits per heavy atom. The van der Waals surface area contributed by atoms with Crippen molar-refractivity contribution in [3.8, 4) is 11.3 Å². The van der Waals surface area contributed by atoms with E-state index in [1.165, 1.54) is 16.1 Å². The van der Waals surface area contributed by atoms with Crippen LogP contribution in [0.15, 0.2) is 30.0 Å². The first-order chi connectivity index (χ1) is 8.29. The van der Waals surface area contributed by atoms with E-state index >= 15 is 0 Å². The van der Waals surface area contributed by atoms with Crippen LogP contribution in [0.25, 0.3) is 16.1 Å². The van der Waals surface area contributed by atoms with Crippen LogP contribution in [0, 0.1) is 0 Å². The summed E-state index contributed by atoms with van der Waals surface area (Å²) >= 11 is 1.72. The van der Waals surface area contributed by atoms with Crippen LogP contribution in [0.5, 0.6) is 0 Å². The fourth-order valence-electron chi connectivity index (χ4n) is 2.04. The Labute approximate surface area is 103 Å². The standard InChI is InChI=1S/C12H14N4S/c1-15-5-3-9(7-15)10-8-17-12-6-14-11(2-4-13)16(10)12/h3,5-8H,2,4,13H2,1H3. The summed E-state index contributed by atoms with van der Waals surface area (Å²) in [5, 5.41) is 2.17. The summed E-state index contributed by atoms with van der Waals surface area (Å²) in [6.07, 6.45) is 6.90. The summed E-state index contributed by atoms with van der Waals surface area (Å²) < 4.78 is 4.26. The van der Waals surface area contributed by atoms with Crippen molar-refractivity contribution in [3.05, 3.63) is 35.9 Å². The maximum atomic E-state index is 5.62. The molecule has 0 aromatic carbocycles. The van der Waals surface area contributed by atoms with E-state index in [1.54, 1.807) is 11.3 Å².